The minimum absolute atomic E-state index is 0.160. The molecule has 0 spiro atoms. The quantitative estimate of drug-likeness (QED) is 0.457. The van der Waals surface area contributed by atoms with Gasteiger partial charge in [-0.25, -0.2) is 18.7 Å². The monoisotopic (exact) mass is 462 g/mol. The second kappa shape index (κ2) is 9.24. The van der Waals surface area contributed by atoms with E-state index in [0.29, 0.717) is 5.82 Å². The van der Waals surface area contributed by atoms with Gasteiger partial charge in [0.15, 0.2) is 34.7 Å². The topological polar surface area (TPSA) is 135 Å². The molecule has 2 aromatic heterocycles. The maximum atomic E-state index is 14.4. The average molecular weight is 462 g/mol. The number of aliphatic hydroxyl groups excluding tert-OH is 1. The lowest BCUT2D eigenvalue weighted by Crippen LogP contribution is -2.53. The van der Waals surface area contributed by atoms with E-state index in [1.165, 1.54) is 37.6 Å². The number of amides is 1. The largest absolute Gasteiger partial charge is 0.494 e. The molecule has 0 atom stereocenters. The number of aromatic amines is 1. The van der Waals surface area contributed by atoms with E-state index in [-0.39, 0.29) is 53.5 Å². The van der Waals surface area contributed by atoms with Crippen LogP contribution < -0.4 is 19.5 Å². The van der Waals surface area contributed by atoms with Crippen molar-refractivity contribution in [3.63, 3.8) is 0 Å². The number of rotatable bonds is 8. The molecule has 11 nitrogen and oxygen atoms in total. The van der Waals surface area contributed by atoms with Gasteiger partial charge in [-0.3, -0.25) is 9.89 Å². The van der Waals surface area contributed by atoms with Gasteiger partial charge in [0.05, 0.1) is 38.3 Å². The number of aromatic nitrogens is 4. The van der Waals surface area contributed by atoms with Gasteiger partial charge in [0.2, 0.25) is 5.95 Å². The molecule has 33 heavy (non-hydrogen) atoms. The van der Waals surface area contributed by atoms with E-state index in [0.717, 1.165) is 6.07 Å². The van der Waals surface area contributed by atoms with Gasteiger partial charge in [0.1, 0.15) is 12.3 Å². The van der Waals surface area contributed by atoms with Gasteiger partial charge in [-0.1, -0.05) is 0 Å². The van der Waals surface area contributed by atoms with E-state index >= 15 is 0 Å². The Labute approximate surface area is 186 Å². The van der Waals surface area contributed by atoms with Crippen molar-refractivity contribution < 1.29 is 32.9 Å². The third kappa shape index (κ3) is 4.62. The van der Waals surface area contributed by atoms with E-state index in [1.807, 2.05) is 0 Å². The first kappa shape index (κ1) is 22.2. The van der Waals surface area contributed by atoms with Crippen LogP contribution in [0.1, 0.15) is 16.1 Å². The summed E-state index contributed by atoms with van der Waals surface area (Å²) in [5.41, 5.74) is -0.112. The summed E-state index contributed by atoms with van der Waals surface area (Å²) in [6.45, 7) is 0.112. The molecule has 1 amide bonds. The van der Waals surface area contributed by atoms with Crippen LogP contribution in [0.3, 0.4) is 0 Å². The van der Waals surface area contributed by atoms with Crippen molar-refractivity contribution in [2.75, 3.05) is 32.6 Å². The van der Waals surface area contributed by atoms with Crippen LogP contribution in [-0.2, 0) is 6.61 Å². The van der Waals surface area contributed by atoms with Gasteiger partial charge in [-0.2, -0.15) is 5.10 Å². The van der Waals surface area contributed by atoms with Crippen LogP contribution in [0.4, 0.5) is 20.5 Å². The van der Waals surface area contributed by atoms with Gasteiger partial charge in [0.25, 0.3) is 5.91 Å². The number of H-pyrrole nitrogens is 1. The second-order valence-electron chi connectivity index (χ2n) is 7.07. The number of β-amino-alcohol motifs (C(OH)–C–C–N with tert-alkyl or cyclic N) is 1. The Morgan fingerprint density at radius 3 is 2.39 bits per heavy atom. The minimum Gasteiger partial charge on any atom is -0.494 e. The summed E-state index contributed by atoms with van der Waals surface area (Å²) < 4.78 is 44.1. The van der Waals surface area contributed by atoms with Crippen LogP contribution in [0.5, 0.6) is 17.2 Å². The van der Waals surface area contributed by atoms with Crippen molar-refractivity contribution in [2.45, 2.75) is 12.7 Å². The van der Waals surface area contributed by atoms with E-state index in [4.69, 9.17) is 14.2 Å². The maximum absolute atomic E-state index is 14.4. The number of hydrogen-bond donors (Lipinski definition) is 3. The highest BCUT2D eigenvalue weighted by molar-refractivity contribution is 5.93. The van der Waals surface area contributed by atoms with Crippen molar-refractivity contribution in [1.82, 2.24) is 25.1 Å². The number of hydrogen-bond acceptors (Lipinski definition) is 9. The lowest BCUT2D eigenvalue weighted by atomic mass is 10.1. The number of aliphatic hydroxyl groups is 1. The number of nitrogens with zero attached hydrogens (tertiary/aromatic N) is 4. The number of methoxy groups -OCH3 is 2. The average Bonchev–Trinajstić information content (AvgIpc) is 3.26. The lowest BCUT2D eigenvalue weighted by molar-refractivity contribution is 0.00550. The Morgan fingerprint density at radius 2 is 1.82 bits per heavy atom. The molecule has 3 aromatic rings. The number of halogens is 2. The molecule has 13 heteroatoms. The highest BCUT2D eigenvalue weighted by Gasteiger charge is 2.30. The van der Waals surface area contributed by atoms with Crippen LogP contribution in [0.25, 0.3) is 0 Å². The Kier molecular flexibility index (Phi) is 6.22. The first-order valence-corrected chi connectivity index (χ1v) is 9.73. The number of ether oxygens (including phenoxy) is 3. The highest BCUT2D eigenvalue weighted by atomic mass is 19.1. The predicted octanol–water partition coefficient (Wildman–Crippen LogP) is 1.63. The fourth-order valence-corrected chi connectivity index (χ4v) is 3.08. The van der Waals surface area contributed by atoms with Crippen LogP contribution in [-0.4, -0.2) is 69.5 Å². The molecular formula is C20H20F2N6O5. The molecule has 0 unspecified atom stereocenters. The molecule has 0 radical (unpaired) electrons. The second-order valence-corrected chi connectivity index (χ2v) is 7.07. The van der Waals surface area contributed by atoms with Crippen molar-refractivity contribution in [2.24, 2.45) is 0 Å². The van der Waals surface area contributed by atoms with Crippen LogP contribution in [0.2, 0.25) is 0 Å². The van der Waals surface area contributed by atoms with Gasteiger partial charge in [-0.05, 0) is 0 Å². The zero-order valence-electron chi connectivity index (χ0n) is 17.6. The zero-order chi connectivity index (χ0) is 23.5. The lowest BCUT2D eigenvalue weighted by Gasteiger charge is -2.35. The summed E-state index contributed by atoms with van der Waals surface area (Å²) in [4.78, 5) is 21.8. The first-order chi connectivity index (χ1) is 15.9. The minimum atomic E-state index is -0.897. The van der Waals surface area contributed by atoms with E-state index in [1.54, 1.807) is 0 Å². The number of carbonyl (C=O) groups is 1. The third-order valence-electron chi connectivity index (χ3n) is 4.87. The SMILES string of the molecule is COc1cc(OC)c(F)c(COc2cnc(Nc3cc(C(=O)N4CC(O)C4)[nH]n3)nc2)c1F. The molecule has 1 aromatic carbocycles. The Morgan fingerprint density at radius 1 is 1.18 bits per heavy atom. The number of anilines is 2. The van der Waals surface area contributed by atoms with E-state index in [2.05, 4.69) is 25.5 Å². The molecule has 1 fully saturated rings. The molecule has 4 rings (SSSR count). The fraction of sp³-hybridized carbons (Fsp3) is 0.300. The summed E-state index contributed by atoms with van der Waals surface area (Å²) in [6, 6.07) is 2.60. The number of carbonyl (C=O) groups excluding carboxylic acids is 1. The number of benzene rings is 1. The Balaban J connectivity index is 1.38. The first-order valence-electron chi connectivity index (χ1n) is 9.73. The van der Waals surface area contributed by atoms with Crippen LogP contribution in [0.15, 0.2) is 24.5 Å². The molecule has 3 N–H and O–H groups in total. The molecule has 0 bridgehead atoms. The zero-order valence-corrected chi connectivity index (χ0v) is 17.6. The van der Waals surface area contributed by atoms with Crippen molar-refractivity contribution in [3.8, 4) is 17.2 Å². The van der Waals surface area contributed by atoms with Crippen molar-refractivity contribution >= 4 is 17.7 Å². The predicted molar refractivity (Wildman–Crippen MR) is 110 cm³/mol. The highest BCUT2D eigenvalue weighted by Crippen LogP contribution is 2.32. The van der Waals surface area contributed by atoms with Gasteiger partial charge < -0.3 is 29.5 Å². The molecule has 1 saturated heterocycles. The van der Waals surface area contributed by atoms with Crippen molar-refractivity contribution in [1.29, 1.82) is 0 Å². The molecule has 174 valence electrons. The summed E-state index contributed by atoms with van der Waals surface area (Å²) in [5.74, 6) is -1.80. The molecule has 1 aliphatic rings. The fourth-order valence-electron chi connectivity index (χ4n) is 3.08. The molecule has 1 aliphatic heterocycles. The smallest absolute Gasteiger partial charge is 0.272 e. The van der Waals surface area contributed by atoms with Crippen LogP contribution >= 0.6 is 0 Å². The normalized spacial score (nSPS) is 13.4. The Hall–Kier alpha value is -4.00. The number of likely N-dealkylation sites (tertiary alicyclic amines) is 1. The van der Waals surface area contributed by atoms with Crippen LogP contribution in [0, 0.1) is 11.6 Å². The summed E-state index contributed by atoms with van der Waals surface area (Å²) >= 11 is 0. The number of nitrogens with one attached hydrogen (secondary N) is 2. The van der Waals surface area contributed by atoms with Gasteiger partial charge in [0, 0.05) is 25.2 Å². The van der Waals surface area contributed by atoms with Gasteiger partial charge in [-0.15, -0.1) is 0 Å². The standard InChI is InChI=1S/C20H20F2N6O5/c1-31-14-4-15(32-2)18(22)12(17(14)21)9-33-11-5-23-20(24-6-11)25-16-3-13(26-27-16)19(30)28-7-10(29)8-28/h3-6,10,29H,7-9H2,1-2H3,(H2,23,24,25,26,27). The van der Waals surface area contributed by atoms with E-state index < -0.39 is 24.3 Å². The molecule has 0 saturated carbocycles. The maximum Gasteiger partial charge on any atom is 0.272 e. The van der Waals surface area contributed by atoms with E-state index in [9.17, 15) is 18.7 Å². The van der Waals surface area contributed by atoms with Gasteiger partial charge >= 0.3 is 0 Å². The summed E-state index contributed by atoms with van der Waals surface area (Å²) in [6.07, 6.45) is 2.12. The van der Waals surface area contributed by atoms with Crippen molar-refractivity contribution in [3.05, 3.63) is 47.4 Å². The summed E-state index contributed by atoms with van der Waals surface area (Å²) in [5, 5.41) is 18.7. The molecule has 0 aliphatic carbocycles. The summed E-state index contributed by atoms with van der Waals surface area (Å²) in [7, 11) is 2.52. The third-order valence-corrected chi connectivity index (χ3v) is 4.87. The molecular weight excluding hydrogens is 442 g/mol. The molecule has 3 heterocycles. The Bertz CT molecular complexity index is 1120.